The molecule has 1 atom stereocenters. The zero-order valence-corrected chi connectivity index (χ0v) is 12.8. The molecule has 3 nitrogen and oxygen atoms in total. The molecule has 1 aliphatic rings. The number of carbonyl (C=O) groups is 1. The van der Waals surface area contributed by atoms with Gasteiger partial charge < -0.3 is 10.1 Å². The predicted octanol–water partition coefficient (Wildman–Crippen LogP) is 2.98. The summed E-state index contributed by atoms with van der Waals surface area (Å²) < 4.78 is 4.92. The molecule has 0 aromatic heterocycles. The minimum atomic E-state index is -0.517. The molecular weight excluding hydrogens is 246 g/mol. The highest BCUT2D eigenvalue weighted by atomic mass is 32.2. The van der Waals surface area contributed by atoms with Gasteiger partial charge in [0.2, 0.25) is 0 Å². The van der Waals surface area contributed by atoms with Crippen LogP contribution in [0.2, 0.25) is 0 Å². The van der Waals surface area contributed by atoms with Crippen LogP contribution in [0.5, 0.6) is 0 Å². The maximum absolute atomic E-state index is 11.9. The van der Waals surface area contributed by atoms with Crippen LogP contribution in [0.25, 0.3) is 0 Å². The molecule has 1 aliphatic carbocycles. The molecule has 1 N–H and O–H groups in total. The maximum Gasteiger partial charge on any atom is 0.325 e. The molecule has 0 spiro atoms. The summed E-state index contributed by atoms with van der Waals surface area (Å²) in [6.45, 7) is 4.93. The smallest absolute Gasteiger partial charge is 0.325 e. The molecule has 0 aliphatic heterocycles. The third-order valence-corrected chi connectivity index (χ3v) is 5.04. The highest BCUT2D eigenvalue weighted by Crippen LogP contribution is 2.30. The molecule has 0 aromatic rings. The van der Waals surface area contributed by atoms with Crippen molar-refractivity contribution in [3.05, 3.63) is 0 Å². The van der Waals surface area contributed by atoms with Crippen molar-refractivity contribution >= 4 is 17.7 Å². The Morgan fingerprint density at radius 3 is 2.67 bits per heavy atom. The first-order valence-corrected chi connectivity index (χ1v) is 8.12. The molecule has 106 valence electrons. The minimum Gasteiger partial charge on any atom is -0.468 e. The van der Waals surface area contributed by atoms with Crippen molar-refractivity contribution < 1.29 is 9.53 Å². The Morgan fingerprint density at radius 2 is 2.11 bits per heavy atom. The van der Waals surface area contributed by atoms with Gasteiger partial charge in [-0.2, -0.15) is 11.8 Å². The van der Waals surface area contributed by atoms with Gasteiger partial charge >= 0.3 is 5.97 Å². The van der Waals surface area contributed by atoms with Crippen molar-refractivity contribution in [2.24, 2.45) is 0 Å². The van der Waals surface area contributed by atoms with Crippen molar-refractivity contribution in [1.29, 1.82) is 0 Å². The van der Waals surface area contributed by atoms with Crippen LogP contribution in [0.1, 0.15) is 52.4 Å². The number of thioether (sulfide) groups is 1. The van der Waals surface area contributed by atoms with Crippen LogP contribution >= 0.6 is 11.8 Å². The van der Waals surface area contributed by atoms with Crippen molar-refractivity contribution in [1.82, 2.24) is 5.32 Å². The lowest BCUT2D eigenvalue weighted by atomic mass is 9.99. The van der Waals surface area contributed by atoms with Gasteiger partial charge in [-0.25, -0.2) is 0 Å². The summed E-state index contributed by atoms with van der Waals surface area (Å²) in [5.74, 6) is 0.899. The summed E-state index contributed by atoms with van der Waals surface area (Å²) in [7, 11) is 1.47. The molecular formula is C14H27NO2S. The van der Waals surface area contributed by atoms with Gasteiger partial charge in [0.25, 0.3) is 0 Å². The highest BCUT2D eigenvalue weighted by molar-refractivity contribution is 7.99. The van der Waals surface area contributed by atoms with Gasteiger partial charge in [-0.05, 0) is 44.9 Å². The SMILES string of the molecule is CCCNC(C)(CCSC1CCCC1)C(=O)OC. The van der Waals surface area contributed by atoms with E-state index in [1.807, 2.05) is 18.7 Å². The van der Waals surface area contributed by atoms with E-state index < -0.39 is 5.54 Å². The number of hydrogen-bond acceptors (Lipinski definition) is 4. The normalized spacial score (nSPS) is 19.7. The number of methoxy groups -OCH3 is 1. The summed E-state index contributed by atoms with van der Waals surface area (Å²) in [6.07, 6.45) is 7.33. The molecule has 1 fully saturated rings. The Morgan fingerprint density at radius 1 is 1.44 bits per heavy atom. The number of carbonyl (C=O) groups excluding carboxylic acids is 1. The molecule has 4 heteroatoms. The fourth-order valence-corrected chi connectivity index (χ4v) is 3.90. The van der Waals surface area contributed by atoms with E-state index in [0.29, 0.717) is 0 Å². The molecule has 0 bridgehead atoms. The van der Waals surface area contributed by atoms with Gasteiger partial charge in [0.15, 0.2) is 0 Å². The van der Waals surface area contributed by atoms with Crippen molar-refractivity contribution in [2.45, 2.75) is 63.2 Å². The van der Waals surface area contributed by atoms with Crippen LogP contribution in [-0.4, -0.2) is 36.2 Å². The zero-order valence-electron chi connectivity index (χ0n) is 12.0. The maximum atomic E-state index is 11.9. The van der Waals surface area contributed by atoms with Crippen LogP contribution in [0, 0.1) is 0 Å². The summed E-state index contributed by atoms with van der Waals surface area (Å²) >= 11 is 2.02. The first-order valence-electron chi connectivity index (χ1n) is 7.07. The van der Waals surface area contributed by atoms with Crippen LogP contribution in [0.15, 0.2) is 0 Å². The van der Waals surface area contributed by atoms with E-state index in [1.54, 1.807) is 0 Å². The van der Waals surface area contributed by atoms with Gasteiger partial charge in [-0.3, -0.25) is 4.79 Å². The Hall–Kier alpha value is -0.220. The second-order valence-electron chi connectivity index (χ2n) is 5.28. The molecule has 1 rings (SSSR count). The van der Waals surface area contributed by atoms with Crippen LogP contribution in [0.3, 0.4) is 0 Å². The van der Waals surface area contributed by atoms with E-state index in [1.165, 1.54) is 32.8 Å². The lowest BCUT2D eigenvalue weighted by Crippen LogP contribution is -2.51. The van der Waals surface area contributed by atoms with Crippen LogP contribution in [0.4, 0.5) is 0 Å². The Kier molecular flexibility index (Phi) is 7.08. The monoisotopic (exact) mass is 273 g/mol. The Bertz CT molecular complexity index is 254. The quantitative estimate of drug-likeness (QED) is 0.690. The van der Waals surface area contributed by atoms with Gasteiger partial charge in [-0.15, -0.1) is 0 Å². The lowest BCUT2D eigenvalue weighted by molar-refractivity contribution is -0.148. The van der Waals surface area contributed by atoms with Crippen molar-refractivity contribution in [3.63, 3.8) is 0 Å². The predicted molar refractivity (Wildman–Crippen MR) is 78.0 cm³/mol. The molecule has 0 amide bonds. The third-order valence-electron chi connectivity index (χ3n) is 3.66. The Balaban J connectivity index is 2.37. The first-order chi connectivity index (χ1) is 8.62. The standard InChI is InChI=1S/C14H27NO2S/c1-4-10-15-14(2,13(16)17-3)9-11-18-12-7-5-6-8-12/h12,15H,4-11H2,1-3H3. The largest absolute Gasteiger partial charge is 0.468 e. The second-order valence-corrected chi connectivity index (χ2v) is 6.69. The number of ether oxygens (including phenoxy) is 1. The highest BCUT2D eigenvalue weighted by Gasteiger charge is 2.33. The zero-order chi connectivity index (χ0) is 13.4. The molecule has 1 saturated carbocycles. The number of rotatable bonds is 8. The van der Waals surface area contributed by atoms with Crippen LogP contribution < -0.4 is 5.32 Å². The van der Waals surface area contributed by atoms with Gasteiger partial charge in [0.1, 0.15) is 5.54 Å². The van der Waals surface area contributed by atoms with E-state index >= 15 is 0 Å². The third kappa shape index (κ3) is 4.81. The molecule has 18 heavy (non-hydrogen) atoms. The fraction of sp³-hybridized carbons (Fsp3) is 0.929. The topological polar surface area (TPSA) is 38.3 Å². The average Bonchev–Trinajstić information content (AvgIpc) is 2.88. The van der Waals surface area contributed by atoms with Crippen molar-refractivity contribution in [2.75, 3.05) is 19.4 Å². The van der Waals surface area contributed by atoms with Gasteiger partial charge in [0.05, 0.1) is 7.11 Å². The average molecular weight is 273 g/mol. The van der Waals surface area contributed by atoms with Crippen molar-refractivity contribution in [3.8, 4) is 0 Å². The van der Waals surface area contributed by atoms with Gasteiger partial charge in [0, 0.05) is 5.25 Å². The summed E-state index contributed by atoms with van der Waals surface area (Å²) in [5.41, 5.74) is -0.517. The molecule has 0 radical (unpaired) electrons. The lowest BCUT2D eigenvalue weighted by Gasteiger charge is -2.28. The summed E-state index contributed by atoms with van der Waals surface area (Å²) in [6, 6.07) is 0. The van der Waals surface area contributed by atoms with E-state index in [2.05, 4.69) is 12.2 Å². The summed E-state index contributed by atoms with van der Waals surface area (Å²) in [4.78, 5) is 11.9. The molecule has 0 heterocycles. The Labute approximate surface area is 115 Å². The number of hydrogen-bond donors (Lipinski definition) is 1. The summed E-state index contributed by atoms with van der Waals surface area (Å²) in [5, 5.41) is 4.15. The number of esters is 1. The van der Waals surface area contributed by atoms with E-state index in [-0.39, 0.29) is 5.97 Å². The van der Waals surface area contributed by atoms with E-state index in [0.717, 1.165) is 30.4 Å². The molecule has 1 unspecified atom stereocenters. The molecule has 0 aromatic carbocycles. The molecule has 0 saturated heterocycles. The second kappa shape index (κ2) is 8.05. The number of nitrogens with one attached hydrogen (secondary N) is 1. The van der Waals surface area contributed by atoms with Crippen LogP contribution in [-0.2, 0) is 9.53 Å². The minimum absolute atomic E-state index is 0.136. The van der Waals surface area contributed by atoms with E-state index in [4.69, 9.17) is 4.74 Å². The van der Waals surface area contributed by atoms with Gasteiger partial charge in [-0.1, -0.05) is 19.8 Å². The first kappa shape index (κ1) is 15.8. The fourth-order valence-electron chi connectivity index (χ4n) is 2.37. The van der Waals surface area contributed by atoms with E-state index in [9.17, 15) is 4.79 Å².